The van der Waals surface area contributed by atoms with Crippen molar-refractivity contribution in [2.45, 2.75) is 0 Å². The lowest BCUT2D eigenvalue weighted by molar-refractivity contribution is 0.668. The average molecular weight is 775 g/mol. The van der Waals surface area contributed by atoms with Crippen LogP contribution in [0.2, 0.25) is 0 Å². The molecular formula is C54H34N2O2S. The van der Waals surface area contributed by atoms with Gasteiger partial charge >= 0.3 is 0 Å². The summed E-state index contributed by atoms with van der Waals surface area (Å²) in [6.45, 7) is 0. The van der Waals surface area contributed by atoms with E-state index in [0.29, 0.717) is 0 Å². The van der Waals surface area contributed by atoms with E-state index in [9.17, 15) is 0 Å². The van der Waals surface area contributed by atoms with E-state index >= 15 is 0 Å². The van der Waals surface area contributed by atoms with Crippen LogP contribution in [0.25, 0.3) is 75.2 Å². The van der Waals surface area contributed by atoms with E-state index in [0.717, 1.165) is 89.1 Å². The van der Waals surface area contributed by atoms with Crippen LogP contribution in [-0.2, 0) is 0 Å². The van der Waals surface area contributed by atoms with Gasteiger partial charge in [0.05, 0.1) is 21.5 Å². The molecule has 0 aliphatic heterocycles. The van der Waals surface area contributed by atoms with Crippen molar-refractivity contribution in [1.29, 1.82) is 0 Å². The number of furan rings is 2. The van der Waals surface area contributed by atoms with Crippen molar-refractivity contribution < 1.29 is 8.83 Å². The number of thiophene rings is 1. The van der Waals surface area contributed by atoms with Crippen LogP contribution in [0.3, 0.4) is 0 Å². The molecule has 278 valence electrons. The Morgan fingerprint density at radius 3 is 1.68 bits per heavy atom. The van der Waals surface area contributed by atoms with Crippen LogP contribution in [-0.4, -0.2) is 0 Å². The van der Waals surface area contributed by atoms with Crippen molar-refractivity contribution in [3.63, 3.8) is 0 Å². The first-order chi connectivity index (χ1) is 29.2. The van der Waals surface area contributed by atoms with Gasteiger partial charge in [0.1, 0.15) is 22.3 Å². The summed E-state index contributed by atoms with van der Waals surface area (Å²) >= 11 is 1.84. The number of para-hydroxylation sites is 4. The molecular weight excluding hydrogens is 741 g/mol. The van der Waals surface area contributed by atoms with Gasteiger partial charge in [-0.25, -0.2) is 0 Å². The summed E-state index contributed by atoms with van der Waals surface area (Å²) in [5, 5.41) is 6.93. The molecule has 0 aliphatic carbocycles. The van der Waals surface area contributed by atoms with Crippen LogP contribution in [0, 0.1) is 0 Å². The molecule has 0 bridgehead atoms. The molecule has 59 heavy (non-hydrogen) atoms. The Hall–Kier alpha value is -7.60. The molecule has 4 nitrogen and oxygen atoms in total. The summed E-state index contributed by atoms with van der Waals surface area (Å²) in [5.74, 6) is 0. The number of anilines is 6. The van der Waals surface area contributed by atoms with Crippen LogP contribution in [0.5, 0.6) is 0 Å². The first kappa shape index (κ1) is 33.5. The van der Waals surface area contributed by atoms with Gasteiger partial charge in [0.15, 0.2) is 0 Å². The topological polar surface area (TPSA) is 32.8 Å². The number of nitrogens with zero attached hydrogens (tertiary/aromatic N) is 2. The Balaban J connectivity index is 1.04. The molecule has 3 heterocycles. The number of hydrogen-bond acceptors (Lipinski definition) is 5. The number of rotatable bonds is 7. The predicted octanol–water partition coefficient (Wildman–Crippen LogP) is 16.5. The minimum atomic E-state index is 0.845. The lowest BCUT2D eigenvalue weighted by atomic mass is 9.99. The molecule has 0 spiro atoms. The van der Waals surface area contributed by atoms with E-state index in [4.69, 9.17) is 8.83 Å². The second kappa shape index (κ2) is 13.5. The predicted molar refractivity (Wildman–Crippen MR) is 249 cm³/mol. The van der Waals surface area contributed by atoms with Crippen LogP contribution in [0.4, 0.5) is 34.1 Å². The zero-order valence-electron chi connectivity index (χ0n) is 31.7. The van der Waals surface area contributed by atoms with E-state index in [1.165, 1.54) is 20.2 Å². The first-order valence-electron chi connectivity index (χ1n) is 19.8. The van der Waals surface area contributed by atoms with Gasteiger partial charge in [-0.2, -0.15) is 0 Å². The van der Waals surface area contributed by atoms with Crippen LogP contribution >= 0.6 is 11.3 Å². The van der Waals surface area contributed by atoms with Gasteiger partial charge in [-0.05, 0) is 96.1 Å². The Kier molecular flexibility index (Phi) is 7.68. The molecule has 3 aromatic heterocycles. The Bertz CT molecular complexity index is 3510. The molecule has 12 aromatic rings. The Morgan fingerprint density at radius 1 is 0.322 bits per heavy atom. The largest absolute Gasteiger partial charge is 0.456 e. The average Bonchev–Trinajstić information content (AvgIpc) is 3.99. The zero-order chi connectivity index (χ0) is 38.9. The third-order valence-corrected chi connectivity index (χ3v) is 12.6. The SMILES string of the molecule is c1ccc(N(c2ccc(-c3cc(N(c4ccccc4)c4cccc5c4sc4ccccc45)c4c(c3)oc3ccccc34)cc2)c2ccc3c(c2)oc2ccccc23)cc1. The number of benzene rings is 9. The van der Waals surface area contributed by atoms with Gasteiger partial charge in [-0.1, -0.05) is 115 Å². The monoisotopic (exact) mass is 774 g/mol. The number of fused-ring (bicyclic) bond motifs is 9. The minimum Gasteiger partial charge on any atom is -0.456 e. The summed E-state index contributed by atoms with van der Waals surface area (Å²) in [6, 6.07) is 73.1. The highest BCUT2D eigenvalue weighted by molar-refractivity contribution is 7.26. The summed E-state index contributed by atoms with van der Waals surface area (Å²) in [7, 11) is 0. The highest BCUT2D eigenvalue weighted by Crippen LogP contribution is 2.49. The molecule has 9 aromatic carbocycles. The molecule has 12 rings (SSSR count). The summed E-state index contributed by atoms with van der Waals surface area (Å²) in [5.41, 5.74) is 12.0. The molecule has 0 aliphatic rings. The maximum Gasteiger partial charge on any atom is 0.138 e. The van der Waals surface area contributed by atoms with Crippen molar-refractivity contribution in [1.82, 2.24) is 0 Å². The smallest absolute Gasteiger partial charge is 0.138 e. The van der Waals surface area contributed by atoms with Gasteiger partial charge in [0, 0.05) is 60.4 Å². The van der Waals surface area contributed by atoms with E-state index < -0.39 is 0 Å². The summed E-state index contributed by atoms with van der Waals surface area (Å²) in [6.07, 6.45) is 0. The molecule has 0 amide bonds. The maximum absolute atomic E-state index is 6.71. The molecule has 0 saturated heterocycles. The van der Waals surface area contributed by atoms with Gasteiger partial charge in [-0.15, -0.1) is 11.3 Å². The normalized spacial score (nSPS) is 11.7. The van der Waals surface area contributed by atoms with Crippen molar-refractivity contribution in [2.75, 3.05) is 9.80 Å². The van der Waals surface area contributed by atoms with Gasteiger partial charge in [0.2, 0.25) is 0 Å². The molecule has 0 unspecified atom stereocenters. The van der Waals surface area contributed by atoms with Gasteiger partial charge < -0.3 is 18.6 Å². The maximum atomic E-state index is 6.71. The lowest BCUT2D eigenvalue weighted by Crippen LogP contribution is -2.10. The third-order valence-electron chi connectivity index (χ3n) is 11.4. The van der Waals surface area contributed by atoms with E-state index in [1.54, 1.807) is 0 Å². The molecule has 0 fully saturated rings. The molecule has 0 radical (unpaired) electrons. The van der Waals surface area contributed by atoms with Crippen LogP contribution < -0.4 is 9.80 Å². The quantitative estimate of drug-likeness (QED) is 0.161. The molecule has 0 saturated carbocycles. The Morgan fingerprint density at radius 2 is 0.898 bits per heavy atom. The van der Waals surface area contributed by atoms with E-state index in [1.807, 2.05) is 29.5 Å². The fourth-order valence-corrected chi connectivity index (χ4v) is 9.96. The second-order valence-corrected chi connectivity index (χ2v) is 15.9. The van der Waals surface area contributed by atoms with E-state index in [-0.39, 0.29) is 0 Å². The van der Waals surface area contributed by atoms with Crippen molar-refractivity contribution in [3.05, 3.63) is 206 Å². The lowest BCUT2D eigenvalue weighted by Gasteiger charge is -2.27. The second-order valence-electron chi connectivity index (χ2n) is 14.9. The molecule has 5 heteroatoms. The van der Waals surface area contributed by atoms with Crippen LogP contribution in [0.1, 0.15) is 0 Å². The van der Waals surface area contributed by atoms with E-state index in [2.05, 4.69) is 198 Å². The number of hydrogen-bond donors (Lipinski definition) is 0. The first-order valence-corrected chi connectivity index (χ1v) is 20.6. The fourth-order valence-electron chi connectivity index (χ4n) is 8.75. The molecule has 0 atom stereocenters. The minimum absolute atomic E-state index is 0.845. The van der Waals surface area contributed by atoms with Gasteiger partial charge in [0.25, 0.3) is 0 Å². The Labute approximate surface area is 344 Å². The zero-order valence-corrected chi connectivity index (χ0v) is 32.6. The van der Waals surface area contributed by atoms with Crippen LogP contribution in [0.15, 0.2) is 215 Å². The van der Waals surface area contributed by atoms with Gasteiger partial charge in [-0.3, -0.25) is 0 Å². The van der Waals surface area contributed by atoms with Crippen molar-refractivity contribution in [2.24, 2.45) is 0 Å². The summed E-state index contributed by atoms with van der Waals surface area (Å²) in [4.78, 5) is 4.71. The summed E-state index contributed by atoms with van der Waals surface area (Å²) < 4.78 is 15.6. The van der Waals surface area contributed by atoms with Crippen molar-refractivity contribution >= 4 is 110 Å². The standard InChI is InChI=1S/C54H34N2O2S/c1-3-14-37(15-4-1)55(40-30-31-42-41-18-7-10-23-48(41)57-50(42)34-40)39-28-26-35(27-29-39)36-32-47(53-45-20-8-11-24-49(45)58-51(53)33-36)56(38-16-5-2-6-17-38)46-22-13-21-44-43-19-9-12-25-52(43)59-54(44)46/h1-34H. The highest BCUT2D eigenvalue weighted by Gasteiger charge is 2.24. The highest BCUT2D eigenvalue weighted by atomic mass is 32.1. The molecule has 0 N–H and O–H groups in total. The van der Waals surface area contributed by atoms with Crippen molar-refractivity contribution in [3.8, 4) is 11.1 Å². The fraction of sp³-hybridized carbons (Fsp3) is 0. The third kappa shape index (κ3) is 5.51.